The molecule has 1 heterocycles. The smallest absolute Gasteiger partial charge is 0.163 e. The first kappa shape index (κ1) is 9.96. The number of hydrogen-bond acceptors (Lipinski definition) is 2. The Morgan fingerprint density at radius 3 is 2.23 bits per heavy atom. The highest BCUT2D eigenvalue weighted by Gasteiger charge is 2.17. The molecule has 0 unspecified atom stereocenters. The minimum absolute atomic E-state index is 0.0571. The third-order valence-corrected chi connectivity index (χ3v) is 1.97. The standard InChI is InChI=1S/C10H16N2O/c1-7-9(8(2)13)6-12(11-7)10(3,4)5/h6H,1-5H3. The van der Waals surface area contributed by atoms with E-state index in [1.807, 2.05) is 17.8 Å². The third-order valence-electron chi connectivity index (χ3n) is 1.97. The molecule has 0 spiro atoms. The van der Waals surface area contributed by atoms with Gasteiger partial charge in [0, 0.05) is 6.20 Å². The molecule has 0 amide bonds. The molecule has 0 aromatic carbocycles. The van der Waals surface area contributed by atoms with Crippen molar-refractivity contribution in [2.75, 3.05) is 0 Å². The average Bonchev–Trinajstić information content (AvgIpc) is 2.29. The van der Waals surface area contributed by atoms with Gasteiger partial charge < -0.3 is 0 Å². The van der Waals surface area contributed by atoms with Gasteiger partial charge in [-0.1, -0.05) is 0 Å². The van der Waals surface area contributed by atoms with E-state index in [-0.39, 0.29) is 11.3 Å². The van der Waals surface area contributed by atoms with E-state index in [9.17, 15) is 4.79 Å². The van der Waals surface area contributed by atoms with E-state index in [1.54, 1.807) is 6.92 Å². The molecule has 0 aliphatic heterocycles. The number of carbonyl (C=O) groups is 1. The van der Waals surface area contributed by atoms with E-state index in [0.717, 1.165) is 11.3 Å². The van der Waals surface area contributed by atoms with Crippen LogP contribution in [-0.2, 0) is 5.54 Å². The molecule has 3 heteroatoms. The zero-order chi connectivity index (χ0) is 10.2. The maximum absolute atomic E-state index is 11.2. The zero-order valence-electron chi connectivity index (χ0n) is 8.88. The molecule has 0 saturated carbocycles. The van der Waals surface area contributed by atoms with Crippen LogP contribution < -0.4 is 0 Å². The average molecular weight is 180 g/mol. The molecular weight excluding hydrogens is 164 g/mol. The lowest BCUT2D eigenvalue weighted by Gasteiger charge is -2.18. The molecular formula is C10H16N2O. The second-order valence-electron chi connectivity index (χ2n) is 4.30. The lowest BCUT2D eigenvalue weighted by atomic mass is 10.1. The molecule has 0 aliphatic rings. The zero-order valence-corrected chi connectivity index (χ0v) is 8.88. The Hall–Kier alpha value is -1.12. The second kappa shape index (κ2) is 2.98. The van der Waals surface area contributed by atoms with E-state index in [0.29, 0.717) is 0 Å². The van der Waals surface area contributed by atoms with Crippen molar-refractivity contribution in [1.29, 1.82) is 0 Å². The number of Topliss-reactive ketones (excluding diaryl/α,β-unsaturated/α-hetero) is 1. The SMILES string of the molecule is CC(=O)c1cn(C(C)(C)C)nc1C. The Morgan fingerprint density at radius 1 is 1.46 bits per heavy atom. The monoisotopic (exact) mass is 180 g/mol. The molecule has 0 aliphatic carbocycles. The summed E-state index contributed by atoms with van der Waals surface area (Å²) in [6, 6.07) is 0. The molecule has 0 radical (unpaired) electrons. The van der Waals surface area contributed by atoms with Crippen LogP contribution in [0.25, 0.3) is 0 Å². The van der Waals surface area contributed by atoms with Crippen LogP contribution in [-0.4, -0.2) is 15.6 Å². The maximum Gasteiger partial charge on any atom is 0.163 e. The first-order valence-electron chi connectivity index (χ1n) is 4.40. The topological polar surface area (TPSA) is 34.9 Å². The predicted octanol–water partition coefficient (Wildman–Crippen LogP) is 2.15. The molecule has 0 N–H and O–H groups in total. The molecule has 1 aromatic rings. The summed E-state index contributed by atoms with van der Waals surface area (Å²) in [6.07, 6.45) is 1.82. The molecule has 0 atom stereocenters. The predicted molar refractivity (Wildman–Crippen MR) is 52.0 cm³/mol. The normalized spacial score (nSPS) is 11.8. The van der Waals surface area contributed by atoms with Crippen molar-refractivity contribution in [3.8, 4) is 0 Å². The van der Waals surface area contributed by atoms with Gasteiger partial charge in [-0.25, -0.2) is 0 Å². The number of hydrogen-bond donors (Lipinski definition) is 0. The summed E-state index contributed by atoms with van der Waals surface area (Å²) >= 11 is 0. The van der Waals surface area contributed by atoms with E-state index in [1.165, 1.54) is 0 Å². The lowest BCUT2D eigenvalue weighted by Crippen LogP contribution is -2.22. The van der Waals surface area contributed by atoms with Gasteiger partial charge in [0.05, 0.1) is 16.8 Å². The van der Waals surface area contributed by atoms with Gasteiger partial charge in [0.1, 0.15) is 0 Å². The number of aryl methyl sites for hydroxylation is 1. The van der Waals surface area contributed by atoms with Gasteiger partial charge in [-0.05, 0) is 34.6 Å². The summed E-state index contributed by atoms with van der Waals surface area (Å²) in [5.74, 6) is 0.0769. The Bertz CT molecular complexity index is 331. The van der Waals surface area contributed by atoms with Crippen LogP contribution >= 0.6 is 0 Å². The summed E-state index contributed by atoms with van der Waals surface area (Å²) in [6.45, 7) is 9.60. The fourth-order valence-corrected chi connectivity index (χ4v) is 1.15. The minimum Gasteiger partial charge on any atom is -0.294 e. The van der Waals surface area contributed by atoms with Crippen molar-refractivity contribution >= 4 is 5.78 Å². The van der Waals surface area contributed by atoms with E-state index >= 15 is 0 Å². The van der Waals surface area contributed by atoms with Gasteiger partial charge >= 0.3 is 0 Å². The summed E-state index contributed by atoms with van der Waals surface area (Å²) < 4.78 is 1.83. The Labute approximate surface area is 78.8 Å². The summed E-state index contributed by atoms with van der Waals surface area (Å²) in [4.78, 5) is 11.2. The summed E-state index contributed by atoms with van der Waals surface area (Å²) in [5.41, 5.74) is 1.47. The van der Waals surface area contributed by atoms with Crippen LogP contribution in [0, 0.1) is 6.92 Å². The lowest BCUT2D eigenvalue weighted by molar-refractivity contribution is 0.101. The molecule has 1 aromatic heterocycles. The van der Waals surface area contributed by atoms with Crippen LogP contribution in [0.3, 0.4) is 0 Å². The number of rotatable bonds is 1. The van der Waals surface area contributed by atoms with Crippen molar-refractivity contribution in [3.63, 3.8) is 0 Å². The molecule has 0 fully saturated rings. The number of nitrogens with zero attached hydrogens (tertiary/aromatic N) is 2. The number of ketones is 1. The van der Waals surface area contributed by atoms with Crippen LogP contribution in [0.1, 0.15) is 43.7 Å². The van der Waals surface area contributed by atoms with Crippen LogP contribution in [0.2, 0.25) is 0 Å². The highest BCUT2D eigenvalue weighted by Crippen LogP contribution is 2.16. The van der Waals surface area contributed by atoms with E-state index in [4.69, 9.17) is 0 Å². The van der Waals surface area contributed by atoms with Gasteiger partial charge in [0.2, 0.25) is 0 Å². The van der Waals surface area contributed by atoms with Crippen molar-refractivity contribution in [2.24, 2.45) is 0 Å². The van der Waals surface area contributed by atoms with Gasteiger partial charge in [-0.15, -0.1) is 0 Å². The first-order chi connectivity index (χ1) is 5.82. The molecule has 0 bridgehead atoms. The largest absolute Gasteiger partial charge is 0.294 e. The highest BCUT2D eigenvalue weighted by molar-refractivity contribution is 5.94. The van der Waals surface area contributed by atoms with E-state index < -0.39 is 0 Å². The Morgan fingerprint density at radius 2 is 2.00 bits per heavy atom. The van der Waals surface area contributed by atoms with Crippen molar-refractivity contribution < 1.29 is 4.79 Å². The van der Waals surface area contributed by atoms with Gasteiger partial charge in [0.15, 0.2) is 5.78 Å². The maximum atomic E-state index is 11.2. The summed E-state index contributed by atoms with van der Waals surface area (Å²) in [7, 11) is 0. The van der Waals surface area contributed by atoms with Crippen molar-refractivity contribution in [3.05, 3.63) is 17.5 Å². The Balaban J connectivity index is 3.17. The second-order valence-corrected chi connectivity index (χ2v) is 4.30. The minimum atomic E-state index is -0.0571. The van der Waals surface area contributed by atoms with E-state index in [2.05, 4.69) is 25.9 Å². The summed E-state index contributed by atoms with van der Waals surface area (Å²) in [5, 5.41) is 4.30. The fraction of sp³-hybridized carbons (Fsp3) is 0.600. The van der Waals surface area contributed by atoms with Crippen molar-refractivity contribution in [2.45, 2.75) is 40.2 Å². The number of carbonyl (C=O) groups excluding carboxylic acids is 1. The van der Waals surface area contributed by atoms with Gasteiger partial charge in [-0.3, -0.25) is 9.48 Å². The molecule has 13 heavy (non-hydrogen) atoms. The third kappa shape index (κ3) is 1.97. The Kier molecular flexibility index (Phi) is 2.28. The van der Waals surface area contributed by atoms with Gasteiger partial charge in [-0.2, -0.15) is 5.10 Å². The van der Waals surface area contributed by atoms with Crippen molar-refractivity contribution in [1.82, 2.24) is 9.78 Å². The van der Waals surface area contributed by atoms with Crippen LogP contribution in [0.5, 0.6) is 0 Å². The quantitative estimate of drug-likeness (QED) is 0.621. The molecule has 72 valence electrons. The molecule has 1 rings (SSSR count). The molecule has 3 nitrogen and oxygen atoms in total. The molecule has 0 saturated heterocycles. The first-order valence-corrected chi connectivity index (χ1v) is 4.40. The van der Waals surface area contributed by atoms with Crippen LogP contribution in [0.15, 0.2) is 6.20 Å². The number of aromatic nitrogens is 2. The highest BCUT2D eigenvalue weighted by atomic mass is 16.1. The van der Waals surface area contributed by atoms with Gasteiger partial charge in [0.25, 0.3) is 0 Å². The fourth-order valence-electron chi connectivity index (χ4n) is 1.15. The van der Waals surface area contributed by atoms with Crippen LogP contribution in [0.4, 0.5) is 0 Å².